The molecule has 0 aliphatic carbocycles. The van der Waals surface area contributed by atoms with Gasteiger partial charge in [-0.05, 0) is 33.6 Å². The van der Waals surface area contributed by atoms with Crippen molar-refractivity contribution in [3.63, 3.8) is 0 Å². The van der Waals surface area contributed by atoms with Crippen LogP contribution in [0.15, 0.2) is 45.8 Å². The summed E-state index contributed by atoms with van der Waals surface area (Å²) >= 11 is 3.54. The molecule has 2 aromatic heterocycles. The fourth-order valence-electron chi connectivity index (χ4n) is 2.84. The minimum Gasteiger partial charge on any atom is -0.375 e. The summed E-state index contributed by atoms with van der Waals surface area (Å²) in [6.07, 6.45) is 0. The van der Waals surface area contributed by atoms with E-state index in [-0.39, 0.29) is 5.56 Å². The number of ether oxygens (including phenoxy) is 2. The summed E-state index contributed by atoms with van der Waals surface area (Å²) in [5, 5.41) is 7.38. The van der Waals surface area contributed by atoms with Gasteiger partial charge in [0, 0.05) is 14.7 Å². The van der Waals surface area contributed by atoms with Gasteiger partial charge in [0.15, 0.2) is 0 Å². The maximum atomic E-state index is 12.2. The molecule has 2 heterocycles. The standard InChI is InChI=1S/C20H26BrN3O3Si/c1-28(2,3)10-9-26-13-17-19-16(20(25)23-22-17)11-18(21)24(19)14-27-12-15-7-5-4-6-8-15/h4-8,11H,9-10,12-14H2,1-3H3,(H,23,25). The van der Waals surface area contributed by atoms with E-state index < -0.39 is 8.07 Å². The van der Waals surface area contributed by atoms with Crippen molar-refractivity contribution >= 4 is 34.9 Å². The van der Waals surface area contributed by atoms with Gasteiger partial charge >= 0.3 is 0 Å². The molecule has 3 aromatic rings. The lowest BCUT2D eigenvalue weighted by molar-refractivity contribution is 0.0650. The summed E-state index contributed by atoms with van der Waals surface area (Å²) in [4.78, 5) is 12.2. The number of benzene rings is 1. The first-order valence-corrected chi connectivity index (χ1v) is 13.8. The fourth-order valence-corrected chi connectivity index (χ4v) is 4.10. The zero-order valence-corrected chi connectivity index (χ0v) is 19.1. The normalized spacial score (nSPS) is 12.0. The van der Waals surface area contributed by atoms with Crippen LogP contribution in [-0.4, -0.2) is 29.4 Å². The fraction of sp³-hybridized carbons (Fsp3) is 0.400. The van der Waals surface area contributed by atoms with Crippen LogP contribution in [0.25, 0.3) is 10.9 Å². The second-order valence-corrected chi connectivity index (χ2v) is 14.4. The van der Waals surface area contributed by atoms with Crippen molar-refractivity contribution in [2.24, 2.45) is 0 Å². The van der Waals surface area contributed by atoms with Gasteiger partial charge in [-0.3, -0.25) is 4.79 Å². The van der Waals surface area contributed by atoms with Gasteiger partial charge < -0.3 is 14.0 Å². The highest BCUT2D eigenvalue weighted by Gasteiger charge is 2.17. The molecule has 0 bridgehead atoms. The van der Waals surface area contributed by atoms with E-state index in [0.29, 0.717) is 37.6 Å². The molecule has 1 aromatic carbocycles. The molecule has 28 heavy (non-hydrogen) atoms. The van der Waals surface area contributed by atoms with E-state index in [1.165, 1.54) is 0 Å². The molecule has 0 unspecified atom stereocenters. The Morgan fingerprint density at radius 1 is 1.14 bits per heavy atom. The third-order valence-corrected chi connectivity index (χ3v) is 6.78. The number of H-pyrrole nitrogens is 1. The number of hydrogen-bond acceptors (Lipinski definition) is 4. The van der Waals surface area contributed by atoms with Crippen LogP contribution in [0.5, 0.6) is 0 Å². The average molecular weight is 464 g/mol. The Morgan fingerprint density at radius 2 is 1.89 bits per heavy atom. The van der Waals surface area contributed by atoms with E-state index in [4.69, 9.17) is 9.47 Å². The van der Waals surface area contributed by atoms with E-state index >= 15 is 0 Å². The van der Waals surface area contributed by atoms with Crippen LogP contribution < -0.4 is 5.56 Å². The topological polar surface area (TPSA) is 69.1 Å². The second kappa shape index (κ2) is 9.17. The molecule has 150 valence electrons. The van der Waals surface area contributed by atoms with Crippen LogP contribution >= 0.6 is 15.9 Å². The van der Waals surface area contributed by atoms with E-state index in [1.54, 1.807) is 6.07 Å². The summed E-state index contributed by atoms with van der Waals surface area (Å²) in [6.45, 7) is 8.81. The number of fused-ring (bicyclic) bond motifs is 1. The Kier molecular flexibility index (Phi) is 6.87. The van der Waals surface area contributed by atoms with Gasteiger partial charge in [-0.15, -0.1) is 0 Å². The Balaban J connectivity index is 1.76. The van der Waals surface area contributed by atoms with Gasteiger partial charge in [0.25, 0.3) is 5.56 Å². The third-order valence-electron chi connectivity index (χ3n) is 4.42. The molecule has 0 amide bonds. The van der Waals surface area contributed by atoms with Crippen molar-refractivity contribution in [1.29, 1.82) is 0 Å². The number of aromatic amines is 1. The summed E-state index contributed by atoms with van der Waals surface area (Å²) in [5.74, 6) is 0. The summed E-state index contributed by atoms with van der Waals surface area (Å²) < 4.78 is 14.4. The van der Waals surface area contributed by atoms with Gasteiger partial charge in [-0.1, -0.05) is 50.0 Å². The molecule has 0 atom stereocenters. The van der Waals surface area contributed by atoms with Gasteiger partial charge in [0.2, 0.25) is 0 Å². The zero-order chi connectivity index (χ0) is 20.1. The first-order chi connectivity index (χ1) is 13.3. The predicted octanol–water partition coefficient (Wildman–Crippen LogP) is 4.52. The number of nitrogens with zero attached hydrogens (tertiary/aromatic N) is 2. The number of nitrogens with one attached hydrogen (secondary N) is 1. The molecule has 8 heteroatoms. The predicted molar refractivity (Wildman–Crippen MR) is 117 cm³/mol. The number of halogens is 1. The first kappa shape index (κ1) is 21.0. The number of aromatic nitrogens is 3. The number of rotatable bonds is 9. The average Bonchev–Trinajstić information content (AvgIpc) is 2.98. The first-order valence-electron chi connectivity index (χ1n) is 9.31. The molecule has 3 rings (SSSR count). The van der Waals surface area contributed by atoms with Crippen LogP contribution in [0.4, 0.5) is 0 Å². The molecule has 0 saturated carbocycles. The maximum Gasteiger partial charge on any atom is 0.273 e. The summed E-state index contributed by atoms with van der Waals surface area (Å²) in [5.41, 5.74) is 2.33. The minimum atomic E-state index is -1.15. The van der Waals surface area contributed by atoms with Gasteiger partial charge in [-0.25, -0.2) is 5.10 Å². The van der Waals surface area contributed by atoms with Crippen LogP contribution in [0.3, 0.4) is 0 Å². The lowest BCUT2D eigenvalue weighted by Gasteiger charge is -2.15. The third kappa shape index (κ3) is 5.41. The second-order valence-electron chi connectivity index (χ2n) is 7.98. The zero-order valence-electron chi connectivity index (χ0n) is 16.5. The molecular formula is C20H26BrN3O3Si. The highest BCUT2D eigenvalue weighted by Crippen LogP contribution is 2.24. The lowest BCUT2D eigenvalue weighted by Crippen LogP contribution is -2.22. The molecule has 0 fully saturated rings. The molecule has 0 spiro atoms. The Labute approximate surface area is 174 Å². The smallest absolute Gasteiger partial charge is 0.273 e. The van der Waals surface area contributed by atoms with Gasteiger partial charge in [0.05, 0.1) is 28.7 Å². The van der Waals surface area contributed by atoms with Crippen LogP contribution in [0.2, 0.25) is 25.7 Å². The maximum absolute atomic E-state index is 12.2. The molecular weight excluding hydrogens is 438 g/mol. The van der Waals surface area contributed by atoms with Crippen molar-refractivity contribution in [1.82, 2.24) is 14.8 Å². The van der Waals surface area contributed by atoms with Crippen LogP contribution in [0, 0.1) is 0 Å². The van der Waals surface area contributed by atoms with Crippen molar-refractivity contribution in [2.45, 2.75) is 45.6 Å². The molecule has 0 aliphatic heterocycles. The SMILES string of the molecule is C[Si](C)(C)CCOCc1n[nH]c(=O)c2cc(Br)n(COCc3ccccc3)c12. The van der Waals surface area contributed by atoms with Gasteiger partial charge in [-0.2, -0.15) is 5.10 Å². The summed E-state index contributed by atoms with van der Waals surface area (Å²) in [6, 6.07) is 12.9. The van der Waals surface area contributed by atoms with Crippen LogP contribution in [-0.2, 0) is 29.4 Å². The highest BCUT2D eigenvalue weighted by molar-refractivity contribution is 9.10. The molecule has 6 nitrogen and oxygen atoms in total. The Bertz CT molecular complexity index is 980. The molecule has 0 saturated heterocycles. The van der Waals surface area contributed by atoms with Crippen molar-refractivity contribution in [3.05, 3.63) is 62.6 Å². The summed E-state index contributed by atoms with van der Waals surface area (Å²) in [7, 11) is -1.15. The largest absolute Gasteiger partial charge is 0.375 e. The number of hydrogen-bond donors (Lipinski definition) is 1. The monoisotopic (exact) mass is 463 g/mol. The van der Waals surface area contributed by atoms with E-state index in [9.17, 15) is 4.79 Å². The Morgan fingerprint density at radius 3 is 2.61 bits per heavy atom. The quantitative estimate of drug-likeness (QED) is 0.374. The van der Waals surface area contributed by atoms with Crippen molar-refractivity contribution in [2.75, 3.05) is 6.61 Å². The lowest BCUT2D eigenvalue weighted by atomic mass is 10.2. The molecule has 0 aliphatic rings. The minimum absolute atomic E-state index is 0.219. The van der Waals surface area contributed by atoms with Gasteiger partial charge in [0.1, 0.15) is 12.4 Å². The van der Waals surface area contributed by atoms with Crippen molar-refractivity contribution < 1.29 is 9.47 Å². The highest BCUT2D eigenvalue weighted by atomic mass is 79.9. The van der Waals surface area contributed by atoms with E-state index in [0.717, 1.165) is 21.7 Å². The van der Waals surface area contributed by atoms with E-state index in [2.05, 4.69) is 45.8 Å². The molecule has 0 radical (unpaired) electrons. The Hall–Kier alpha value is -1.74. The van der Waals surface area contributed by atoms with E-state index in [1.807, 2.05) is 34.9 Å². The van der Waals surface area contributed by atoms with Crippen LogP contribution in [0.1, 0.15) is 11.3 Å². The molecule has 1 N–H and O–H groups in total. The van der Waals surface area contributed by atoms with Crippen molar-refractivity contribution in [3.8, 4) is 0 Å².